The van der Waals surface area contributed by atoms with Gasteiger partial charge in [-0.1, -0.05) is 56.8 Å². The highest BCUT2D eigenvalue weighted by Crippen LogP contribution is 2.64. The van der Waals surface area contributed by atoms with E-state index in [0.29, 0.717) is 10.0 Å². The molecular weight excluding hydrogens is 398 g/mol. The molecular formula is C22H33Cl2FOSi. The van der Waals surface area contributed by atoms with E-state index >= 15 is 0 Å². The Bertz CT molecular complexity index is 618. The first-order valence-electron chi connectivity index (χ1n) is 10.7. The number of halogens is 3. The lowest BCUT2D eigenvalue weighted by atomic mass is 9.70. The Balaban J connectivity index is 1.71. The first-order chi connectivity index (χ1) is 12.9. The van der Waals surface area contributed by atoms with Gasteiger partial charge in [-0.15, -0.1) is 0 Å². The second kappa shape index (κ2) is 8.73. The van der Waals surface area contributed by atoms with Gasteiger partial charge in [0.05, 0.1) is 16.1 Å². The van der Waals surface area contributed by atoms with Crippen LogP contribution in [0.4, 0.5) is 4.39 Å². The molecule has 27 heavy (non-hydrogen) atoms. The highest BCUT2D eigenvalue weighted by atomic mass is 35.5. The fraction of sp³-hybridized carbons (Fsp3) is 0.727. The molecule has 0 saturated heterocycles. The Morgan fingerprint density at radius 1 is 1.11 bits per heavy atom. The summed E-state index contributed by atoms with van der Waals surface area (Å²) in [5.74, 6) is 0.500. The van der Waals surface area contributed by atoms with E-state index in [2.05, 4.69) is 20.8 Å². The average molecular weight is 431 g/mol. The number of rotatable bonds is 10. The van der Waals surface area contributed by atoms with Crippen molar-refractivity contribution >= 4 is 31.5 Å². The van der Waals surface area contributed by atoms with Gasteiger partial charge in [-0.2, -0.15) is 0 Å². The molecule has 0 heterocycles. The Morgan fingerprint density at radius 2 is 1.67 bits per heavy atom. The second-order valence-electron chi connectivity index (χ2n) is 8.84. The summed E-state index contributed by atoms with van der Waals surface area (Å²) < 4.78 is 20.5. The monoisotopic (exact) mass is 430 g/mol. The normalized spacial score (nSPS) is 19.9. The average Bonchev–Trinajstić information content (AvgIpc) is 3.39. The molecule has 2 aliphatic rings. The van der Waals surface area contributed by atoms with Gasteiger partial charge >= 0.3 is 0 Å². The quantitative estimate of drug-likeness (QED) is 0.337. The van der Waals surface area contributed by atoms with Gasteiger partial charge in [0.1, 0.15) is 5.82 Å². The van der Waals surface area contributed by atoms with Gasteiger partial charge in [0, 0.05) is 5.56 Å². The van der Waals surface area contributed by atoms with Crippen molar-refractivity contribution in [3.8, 4) is 0 Å². The Kier molecular flexibility index (Phi) is 6.99. The molecule has 5 heteroatoms. The van der Waals surface area contributed by atoms with E-state index in [-0.39, 0.29) is 11.9 Å². The maximum absolute atomic E-state index is 13.7. The number of hydrogen-bond acceptors (Lipinski definition) is 1. The van der Waals surface area contributed by atoms with Crippen LogP contribution in [0.5, 0.6) is 0 Å². The van der Waals surface area contributed by atoms with Gasteiger partial charge < -0.3 is 4.43 Å². The first-order valence-corrected chi connectivity index (χ1v) is 14.0. The summed E-state index contributed by atoms with van der Waals surface area (Å²) in [6.45, 7) is 6.69. The van der Waals surface area contributed by atoms with Crippen LogP contribution in [0.1, 0.15) is 77.4 Å². The largest absolute Gasteiger partial charge is 0.410 e. The van der Waals surface area contributed by atoms with Crippen molar-refractivity contribution in [3.63, 3.8) is 0 Å². The standard InChI is InChI=1S/C22H33Cl2FOSi/c1-4-27(5-2,6-3)26-20(21-18(23)12-17(25)13-19(21)24)9-7-8-16-14-22(15-16)10-11-22/h12-13,16,20H,4-11,14-15H2,1-3H3. The minimum Gasteiger partial charge on any atom is -0.410 e. The highest BCUT2D eigenvalue weighted by molar-refractivity contribution is 6.73. The molecule has 1 aromatic rings. The van der Waals surface area contributed by atoms with Gasteiger partial charge in [0.15, 0.2) is 8.32 Å². The van der Waals surface area contributed by atoms with E-state index in [4.69, 9.17) is 27.6 Å². The minimum atomic E-state index is -1.82. The predicted molar refractivity (Wildman–Crippen MR) is 116 cm³/mol. The molecule has 0 aliphatic heterocycles. The van der Waals surface area contributed by atoms with Gasteiger partial charge in [0.25, 0.3) is 0 Å². The molecule has 1 unspecified atom stereocenters. The molecule has 152 valence electrons. The predicted octanol–water partition coefficient (Wildman–Crippen LogP) is 8.56. The summed E-state index contributed by atoms with van der Waals surface area (Å²) >= 11 is 12.8. The Hall–Kier alpha value is -0.0931. The third kappa shape index (κ3) is 4.91. The lowest BCUT2D eigenvalue weighted by Gasteiger charge is -2.37. The molecule has 1 aromatic carbocycles. The molecule has 0 aromatic heterocycles. The maximum atomic E-state index is 13.7. The van der Waals surface area contributed by atoms with Crippen molar-refractivity contribution < 1.29 is 8.82 Å². The lowest BCUT2D eigenvalue weighted by Crippen LogP contribution is -2.37. The molecule has 0 N–H and O–H groups in total. The topological polar surface area (TPSA) is 9.23 Å². The third-order valence-corrected chi connectivity index (χ3v) is 12.4. The molecule has 1 spiro atoms. The van der Waals surface area contributed by atoms with Crippen LogP contribution in [-0.2, 0) is 4.43 Å². The molecule has 0 bridgehead atoms. The second-order valence-corrected chi connectivity index (χ2v) is 14.4. The van der Waals surface area contributed by atoms with E-state index in [1.165, 1.54) is 44.2 Å². The SMILES string of the molecule is CC[Si](CC)(CC)OC(CCCC1CC2(CC2)C1)c1c(Cl)cc(F)cc1Cl. The molecule has 1 nitrogen and oxygen atoms in total. The summed E-state index contributed by atoms with van der Waals surface area (Å²) in [5.41, 5.74) is 1.55. The Morgan fingerprint density at radius 3 is 2.15 bits per heavy atom. The molecule has 2 aliphatic carbocycles. The van der Waals surface area contributed by atoms with E-state index in [0.717, 1.165) is 47.9 Å². The van der Waals surface area contributed by atoms with Crippen LogP contribution in [0.3, 0.4) is 0 Å². The van der Waals surface area contributed by atoms with Crippen LogP contribution in [0.15, 0.2) is 12.1 Å². The zero-order chi connectivity index (χ0) is 19.7. The number of hydrogen-bond donors (Lipinski definition) is 0. The highest BCUT2D eigenvalue weighted by Gasteiger charge is 2.52. The van der Waals surface area contributed by atoms with Crippen molar-refractivity contribution in [2.45, 2.75) is 90.0 Å². The summed E-state index contributed by atoms with van der Waals surface area (Å²) in [6.07, 6.45) is 8.94. The third-order valence-electron chi connectivity index (χ3n) is 7.17. The van der Waals surface area contributed by atoms with Crippen LogP contribution >= 0.6 is 23.2 Å². The number of benzene rings is 1. The van der Waals surface area contributed by atoms with Crippen molar-refractivity contribution in [2.75, 3.05) is 0 Å². The van der Waals surface area contributed by atoms with Gasteiger partial charge in [-0.25, -0.2) is 4.39 Å². The van der Waals surface area contributed by atoms with E-state index in [1.807, 2.05) is 0 Å². The molecule has 1 atom stereocenters. The molecule has 2 fully saturated rings. The van der Waals surface area contributed by atoms with Gasteiger partial charge in [0.2, 0.25) is 0 Å². The van der Waals surface area contributed by atoms with Gasteiger partial charge in [-0.3, -0.25) is 0 Å². The minimum absolute atomic E-state index is 0.118. The first kappa shape index (κ1) is 21.6. The van der Waals surface area contributed by atoms with Gasteiger partial charge in [-0.05, 0) is 73.7 Å². The summed E-state index contributed by atoms with van der Waals surface area (Å²) in [5, 5.41) is 0.800. The summed E-state index contributed by atoms with van der Waals surface area (Å²) in [7, 11) is -1.82. The molecule has 2 saturated carbocycles. The van der Waals surface area contributed by atoms with Crippen LogP contribution in [-0.4, -0.2) is 8.32 Å². The smallest absolute Gasteiger partial charge is 0.192 e. The fourth-order valence-corrected chi connectivity index (χ4v) is 8.51. The van der Waals surface area contributed by atoms with Crippen molar-refractivity contribution in [2.24, 2.45) is 11.3 Å². The summed E-state index contributed by atoms with van der Waals surface area (Å²) in [6, 6.07) is 5.98. The fourth-order valence-electron chi connectivity index (χ4n) is 4.97. The summed E-state index contributed by atoms with van der Waals surface area (Å²) in [4.78, 5) is 0. The Labute approximate surface area is 175 Å². The van der Waals surface area contributed by atoms with E-state index in [1.54, 1.807) is 0 Å². The molecule has 3 rings (SSSR count). The van der Waals surface area contributed by atoms with Crippen molar-refractivity contribution in [1.29, 1.82) is 0 Å². The molecule has 0 amide bonds. The maximum Gasteiger partial charge on any atom is 0.192 e. The van der Waals surface area contributed by atoms with Crippen LogP contribution in [0, 0.1) is 17.2 Å². The molecule has 0 radical (unpaired) electrons. The van der Waals surface area contributed by atoms with Crippen LogP contribution < -0.4 is 0 Å². The van der Waals surface area contributed by atoms with Crippen molar-refractivity contribution in [3.05, 3.63) is 33.6 Å². The van der Waals surface area contributed by atoms with Crippen LogP contribution in [0.2, 0.25) is 28.2 Å². The van der Waals surface area contributed by atoms with E-state index in [9.17, 15) is 4.39 Å². The zero-order valence-electron chi connectivity index (χ0n) is 16.9. The lowest BCUT2D eigenvalue weighted by molar-refractivity contribution is 0.136. The van der Waals surface area contributed by atoms with E-state index < -0.39 is 8.32 Å². The van der Waals surface area contributed by atoms with Crippen molar-refractivity contribution in [1.82, 2.24) is 0 Å². The zero-order valence-corrected chi connectivity index (χ0v) is 19.4. The van der Waals surface area contributed by atoms with Crippen LogP contribution in [0.25, 0.3) is 0 Å².